The van der Waals surface area contributed by atoms with E-state index in [9.17, 15) is 13.2 Å². The molecule has 0 saturated carbocycles. The van der Waals surface area contributed by atoms with Crippen LogP contribution in [0, 0.1) is 0 Å². The summed E-state index contributed by atoms with van der Waals surface area (Å²) >= 11 is 0. The average Bonchev–Trinajstić information content (AvgIpc) is 3.23. The number of hydrazone groups is 1. The lowest BCUT2D eigenvalue weighted by Crippen LogP contribution is -2.47. The molecule has 10 heteroatoms. The van der Waals surface area contributed by atoms with Crippen molar-refractivity contribution in [1.82, 2.24) is 15.4 Å². The SMILES string of the molecule is N/N=C(\NN)C1CCCN1c1ncnc2cccc(-c3cccc(C(F)(F)F)c3)c12. The van der Waals surface area contributed by atoms with Gasteiger partial charge < -0.3 is 16.2 Å². The Bertz CT molecular complexity index is 1090. The highest BCUT2D eigenvalue weighted by atomic mass is 19.4. The van der Waals surface area contributed by atoms with Crippen molar-refractivity contribution in [2.45, 2.75) is 25.1 Å². The maximum absolute atomic E-state index is 13.3. The smallest absolute Gasteiger partial charge is 0.346 e. The third-order valence-corrected chi connectivity index (χ3v) is 5.27. The fraction of sp³-hybridized carbons (Fsp3) is 0.250. The molecule has 0 radical (unpaired) electrons. The first-order chi connectivity index (χ1) is 14.4. The maximum Gasteiger partial charge on any atom is 0.416 e. The average molecular weight is 415 g/mol. The summed E-state index contributed by atoms with van der Waals surface area (Å²) in [5, 5.41) is 4.40. The first-order valence-electron chi connectivity index (χ1n) is 9.36. The number of hydrazine groups is 1. The second kappa shape index (κ2) is 7.79. The number of rotatable bonds is 3. The van der Waals surface area contributed by atoms with Gasteiger partial charge in [-0.25, -0.2) is 15.8 Å². The summed E-state index contributed by atoms with van der Waals surface area (Å²) < 4.78 is 39.8. The highest BCUT2D eigenvalue weighted by molar-refractivity contribution is 6.03. The maximum atomic E-state index is 13.3. The second-order valence-electron chi connectivity index (χ2n) is 6.99. The van der Waals surface area contributed by atoms with E-state index >= 15 is 0 Å². The predicted molar refractivity (Wildman–Crippen MR) is 109 cm³/mol. The van der Waals surface area contributed by atoms with Gasteiger partial charge in [0, 0.05) is 6.54 Å². The predicted octanol–water partition coefficient (Wildman–Crippen LogP) is 3.02. The van der Waals surface area contributed by atoms with Crippen molar-refractivity contribution in [2.24, 2.45) is 16.8 Å². The molecule has 1 atom stereocenters. The quantitative estimate of drug-likeness (QED) is 0.263. The fourth-order valence-electron chi connectivity index (χ4n) is 3.94. The number of aromatic nitrogens is 2. The van der Waals surface area contributed by atoms with Gasteiger partial charge in [-0.15, -0.1) is 0 Å². The number of anilines is 1. The highest BCUT2D eigenvalue weighted by Gasteiger charge is 2.33. The lowest BCUT2D eigenvalue weighted by molar-refractivity contribution is -0.137. The number of nitrogens with two attached hydrogens (primary N) is 2. The summed E-state index contributed by atoms with van der Waals surface area (Å²) in [7, 11) is 0. The van der Waals surface area contributed by atoms with Gasteiger partial charge >= 0.3 is 6.18 Å². The number of amidine groups is 1. The number of nitrogens with zero attached hydrogens (tertiary/aromatic N) is 4. The minimum atomic E-state index is -4.43. The molecule has 1 unspecified atom stereocenters. The van der Waals surface area contributed by atoms with E-state index in [2.05, 4.69) is 20.5 Å². The van der Waals surface area contributed by atoms with E-state index < -0.39 is 11.7 Å². The number of hydrogen-bond acceptors (Lipinski definition) is 6. The van der Waals surface area contributed by atoms with Crippen LogP contribution in [0.3, 0.4) is 0 Å². The zero-order valence-corrected chi connectivity index (χ0v) is 15.9. The van der Waals surface area contributed by atoms with Crippen LogP contribution in [0.25, 0.3) is 22.0 Å². The minimum Gasteiger partial charge on any atom is -0.346 e. The summed E-state index contributed by atoms with van der Waals surface area (Å²) in [4.78, 5) is 10.8. The van der Waals surface area contributed by atoms with Crippen molar-refractivity contribution < 1.29 is 13.2 Å². The third kappa shape index (κ3) is 3.50. The molecule has 5 N–H and O–H groups in total. The Morgan fingerprint density at radius 2 is 1.97 bits per heavy atom. The Labute approximate surface area is 170 Å². The molecule has 0 spiro atoms. The Kier molecular flexibility index (Phi) is 5.17. The zero-order chi connectivity index (χ0) is 21.3. The first-order valence-corrected chi connectivity index (χ1v) is 9.36. The third-order valence-electron chi connectivity index (χ3n) is 5.27. The molecule has 1 aliphatic heterocycles. The van der Waals surface area contributed by atoms with Crippen LogP contribution in [0.15, 0.2) is 53.9 Å². The topological polar surface area (TPSA) is 105 Å². The van der Waals surface area contributed by atoms with Crippen LogP contribution in [0.4, 0.5) is 19.0 Å². The summed E-state index contributed by atoms with van der Waals surface area (Å²) in [6.45, 7) is 0.675. The molecule has 0 amide bonds. The minimum absolute atomic E-state index is 0.215. The van der Waals surface area contributed by atoms with Crippen LogP contribution in [-0.4, -0.2) is 28.4 Å². The second-order valence-corrected chi connectivity index (χ2v) is 6.99. The molecule has 2 heterocycles. The van der Waals surface area contributed by atoms with Crippen LogP contribution in [-0.2, 0) is 6.18 Å². The van der Waals surface area contributed by atoms with Crippen molar-refractivity contribution in [3.05, 3.63) is 54.4 Å². The van der Waals surface area contributed by atoms with E-state index in [0.717, 1.165) is 25.0 Å². The molecule has 0 aliphatic carbocycles. The molecule has 3 aromatic rings. The largest absolute Gasteiger partial charge is 0.416 e. The lowest BCUT2D eigenvalue weighted by Gasteiger charge is -2.27. The van der Waals surface area contributed by atoms with Crippen molar-refractivity contribution >= 4 is 22.6 Å². The number of halogens is 3. The summed E-state index contributed by atoms with van der Waals surface area (Å²) in [5.41, 5.74) is 3.50. The van der Waals surface area contributed by atoms with E-state index in [4.69, 9.17) is 11.7 Å². The van der Waals surface area contributed by atoms with E-state index in [0.29, 0.717) is 40.2 Å². The standard InChI is InChI=1S/C20H20F3N7/c21-20(22,23)13-5-1-4-12(10-13)14-6-2-7-15-17(14)19(27-11-26-15)30-9-3-8-16(30)18(28-24)29-25/h1-2,4-7,10-11,16H,3,8-9,24-25H2,(H,28,29). The number of hydrogen-bond donors (Lipinski definition) is 3. The van der Waals surface area contributed by atoms with E-state index in [1.165, 1.54) is 12.4 Å². The Morgan fingerprint density at radius 3 is 2.70 bits per heavy atom. The van der Waals surface area contributed by atoms with Crippen LogP contribution < -0.4 is 22.0 Å². The number of alkyl halides is 3. The van der Waals surface area contributed by atoms with Gasteiger partial charge in [0.2, 0.25) is 0 Å². The molecule has 156 valence electrons. The van der Waals surface area contributed by atoms with Gasteiger partial charge in [-0.2, -0.15) is 18.3 Å². The molecule has 1 saturated heterocycles. The van der Waals surface area contributed by atoms with E-state index in [1.54, 1.807) is 18.2 Å². The molecular weight excluding hydrogens is 395 g/mol. The van der Waals surface area contributed by atoms with Gasteiger partial charge in [0.25, 0.3) is 0 Å². The van der Waals surface area contributed by atoms with Crippen molar-refractivity contribution in [2.75, 3.05) is 11.4 Å². The highest BCUT2D eigenvalue weighted by Crippen LogP contribution is 2.38. The van der Waals surface area contributed by atoms with Gasteiger partial charge in [-0.1, -0.05) is 24.3 Å². The number of benzene rings is 2. The Morgan fingerprint density at radius 1 is 1.17 bits per heavy atom. The van der Waals surface area contributed by atoms with Crippen LogP contribution in [0.5, 0.6) is 0 Å². The molecule has 1 fully saturated rings. The fourth-order valence-corrected chi connectivity index (χ4v) is 3.94. The van der Waals surface area contributed by atoms with Gasteiger partial charge in [0.1, 0.15) is 12.1 Å². The first kappa shape index (κ1) is 19.9. The number of fused-ring (bicyclic) bond motifs is 1. The molecule has 1 aliphatic rings. The molecule has 1 aromatic heterocycles. The molecule has 30 heavy (non-hydrogen) atoms. The van der Waals surface area contributed by atoms with E-state index in [-0.39, 0.29) is 6.04 Å². The zero-order valence-electron chi connectivity index (χ0n) is 15.9. The molecule has 4 rings (SSSR count). The lowest BCUT2D eigenvalue weighted by atomic mass is 9.98. The van der Waals surface area contributed by atoms with Gasteiger partial charge in [0.15, 0.2) is 5.84 Å². The Balaban J connectivity index is 1.90. The van der Waals surface area contributed by atoms with Crippen molar-refractivity contribution in [3.8, 4) is 11.1 Å². The van der Waals surface area contributed by atoms with Gasteiger partial charge in [-0.3, -0.25) is 0 Å². The van der Waals surface area contributed by atoms with Crippen molar-refractivity contribution in [1.29, 1.82) is 0 Å². The van der Waals surface area contributed by atoms with Gasteiger partial charge in [0.05, 0.1) is 22.5 Å². The molecular formula is C20H20F3N7. The van der Waals surface area contributed by atoms with Crippen LogP contribution in [0.1, 0.15) is 18.4 Å². The normalized spacial score (nSPS) is 17.5. The summed E-state index contributed by atoms with van der Waals surface area (Å²) in [5.74, 6) is 12.1. The molecule has 2 aromatic carbocycles. The summed E-state index contributed by atoms with van der Waals surface area (Å²) in [6, 6.07) is 10.4. The summed E-state index contributed by atoms with van der Waals surface area (Å²) in [6.07, 6.45) is -1.36. The van der Waals surface area contributed by atoms with Crippen LogP contribution in [0.2, 0.25) is 0 Å². The monoisotopic (exact) mass is 415 g/mol. The number of nitrogens with one attached hydrogen (secondary N) is 1. The molecule has 0 bridgehead atoms. The Hall–Kier alpha value is -3.40. The van der Waals surface area contributed by atoms with Gasteiger partial charge in [-0.05, 0) is 42.2 Å². The van der Waals surface area contributed by atoms with E-state index in [1.807, 2.05) is 11.0 Å². The molecule has 7 nitrogen and oxygen atoms in total. The van der Waals surface area contributed by atoms with Crippen molar-refractivity contribution in [3.63, 3.8) is 0 Å². The van der Waals surface area contributed by atoms with Crippen LogP contribution >= 0.6 is 0 Å².